The van der Waals surface area contributed by atoms with Gasteiger partial charge in [0.2, 0.25) is 0 Å². The first-order valence-electron chi connectivity index (χ1n) is 13.1. The number of aliphatic carboxylic acids is 1. The van der Waals surface area contributed by atoms with E-state index in [0.29, 0.717) is 42.2 Å². The number of fused-ring (bicyclic) bond motifs is 1. The second kappa shape index (κ2) is 11.8. The average molecular weight is 494 g/mol. The molecule has 8 nitrogen and oxygen atoms in total. The molecule has 36 heavy (non-hydrogen) atoms. The molecule has 2 aliphatic heterocycles. The smallest absolute Gasteiger partial charge is 0.325 e. The first-order valence-corrected chi connectivity index (χ1v) is 13.1. The lowest BCUT2D eigenvalue weighted by atomic mass is 9.92. The highest BCUT2D eigenvalue weighted by atomic mass is 16.5. The third-order valence-corrected chi connectivity index (χ3v) is 7.16. The summed E-state index contributed by atoms with van der Waals surface area (Å²) in [6, 6.07) is 8.87. The number of nitrogens with two attached hydrogens (primary N) is 1. The molecule has 3 heterocycles. The van der Waals surface area contributed by atoms with E-state index in [0.717, 1.165) is 50.2 Å². The van der Waals surface area contributed by atoms with Crippen molar-refractivity contribution in [1.29, 1.82) is 5.41 Å². The van der Waals surface area contributed by atoms with E-state index in [4.69, 9.17) is 20.9 Å². The predicted octanol–water partition coefficient (Wildman–Crippen LogP) is 4.29. The van der Waals surface area contributed by atoms with Gasteiger partial charge in [-0.1, -0.05) is 44.5 Å². The first-order chi connectivity index (χ1) is 17.3. The Hall–Kier alpha value is -2.97. The molecular formula is C28H39N5O3. The minimum atomic E-state index is -0.931. The highest BCUT2D eigenvalue weighted by Crippen LogP contribution is 2.33. The number of aryl methyl sites for hydroxylation is 2. The SMILES string of the molecule is CC(C)C(=N)c1cccc(C(C(=O)O)N2CC(OCCCCCc3ccc4c(n3)NCCC4)C2)c1N. The van der Waals surface area contributed by atoms with Crippen LogP contribution >= 0.6 is 0 Å². The summed E-state index contributed by atoms with van der Waals surface area (Å²) in [5.41, 5.74) is 10.8. The zero-order chi connectivity index (χ0) is 25.7. The quantitative estimate of drug-likeness (QED) is 0.198. The van der Waals surface area contributed by atoms with E-state index < -0.39 is 12.0 Å². The van der Waals surface area contributed by atoms with Crippen LogP contribution in [0.5, 0.6) is 0 Å². The van der Waals surface area contributed by atoms with Gasteiger partial charge in [0.1, 0.15) is 11.9 Å². The third-order valence-electron chi connectivity index (χ3n) is 7.16. The van der Waals surface area contributed by atoms with E-state index >= 15 is 0 Å². The molecular weight excluding hydrogens is 454 g/mol. The number of carbonyl (C=O) groups is 1. The maximum Gasteiger partial charge on any atom is 0.325 e. The summed E-state index contributed by atoms with van der Waals surface area (Å²) < 4.78 is 6.00. The molecule has 8 heteroatoms. The van der Waals surface area contributed by atoms with E-state index in [1.807, 2.05) is 18.7 Å². The number of carboxylic acid groups (broad SMARTS) is 1. The van der Waals surface area contributed by atoms with Gasteiger partial charge < -0.3 is 26.3 Å². The number of nitrogen functional groups attached to an aromatic ring is 1. The van der Waals surface area contributed by atoms with Crippen LogP contribution in [0.2, 0.25) is 0 Å². The molecule has 1 atom stereocenters. The molecule has 1 aromatic heterocycles. The summed E-state index contributed by atoms with van der Waals surface area (Å²) in [5, 5.41) is 21.6. The lowest BCUT2D eigenvalue weighted by molar-refractivity contribution is -0.150. The van der Waals surface area contributed by atoms with Crippen molar-refractivity contribution in [3.05, 3.63) is 52.7 Å². The van der Waals surface area contributed by atoms with Crippen LogP contribution in [0.1, 0.15) is 68.0 Å². The maximum atomic E-state index is 12.1. The zero-order valence-corrected chi connectivity index (χ0v) is 21.4. The monoisotopic (exact) mass is 493 g/mol. The fraction of sp³-hybridized carbons (Fsp3) is 0.536. The van der Waals surface area contributed by atoms with E-state index in [-0.39, 0.29) is 12.0 Å². The number of ether oxygens (including phenoxy) is 1. The number of rotatable bonds is 12. The Morgan fingerprint density at radius 3 is 2.81 bits per heavy atom. The normalized spacial score (nSPS) is 16.8. The number of nitrogens with zero attached hydrogens (tertiary/aromatic N) is 2. The molecule has 4 rings (SSSR count). The van der Waals surface area contributed by atoms with Crippen LogP contribution in [0.25, 0.3) is 0 Å². The van der Waals surface area contributed by atoms with Gasteiger partial charge in [-0.15, -0.1) is 0 Å². The third kappa shape index (κ3) is 6.05. The van der Waals surface area contributed by atoms with Crippen LogP contribution in [0.15, 0.2) is 30.3 Å². The number of likely N-dealkylation sites (tertiary alicyclic amines) is 1. The van der Waals surface area contributed by atoms with Crippen LogP contribution in [0, 0.1) is 11.3 Å². The molecule has 0 amide bonds. The number of carboxylic acids is 1. The number of benzene rings is 1. The maximum absolute atomic E-state index is 12.1. The van der Waals surface area contributed by atoms with Crippen molar-refractivity contribution in [2.45, 2.75) is 64.5 Å². The molecule has 1 unspecified atom stereocenters. The fourth-order valence-corrected chi connectivity index (χ4v) is 4.98. The van der Waals surface area contributed by atoms with Crippen LogP contribution in [0.3, 0.4) is 0 Å². The topological polar surface area (TPSA) is 125 Å². The number of hydrogen-bond acceptors (Lipinski definition) is 7. The molecule has 1 fully saturated rings. The molecule has 1 aromatic carbocycles. The van der Waals surface area contributed by atoms with Crippen LogP contribution in [-0.2, 0) is 22.4 Å². The Bertz CT molecular complexity index is 1080. The summed E-state index contributed by atoms with van der Waals surface area (Å²) in [7, 11) is 0. The van der Waals surface area contributed by atoms with Crippen molar-refractivity contribution in [2.75, 3.05) is 37.3 Å². The summed E-state index contributed by atoms with van der Waals surface area (Å²) in [4.78, 5) is 18.8. The molecule has 194 valence electrons. The van der Waals surface area contributed by atoms with Crippen molar-refractivity contribution >= 4 is 23.2 Å². The zero-order valence-electron chi connectivity index (χ0n) is 21.4. The number of anilines is 2. The molecule has 1 saturated heterocycles. The largest absolute Gasteiger partial charge is 0.480 e. The van der Waals surface area contributed by atoms with Crippen LogP contribution < -0.4 is 11.1 Å². The van der Waals surface area contributed by atoms with Gasteiger partial charge in [-0.3, -0.25) is 9.69 Å². The lowest BCUT2D eigenvalue weighted by Crippen LogP contribution is -2.55. The van der Waals surface area contributed by atoms with Gasteiger partial charge in [0.15, 0.2) is 0 Å². The first kappa shape index (κ1) is 26.1. The van der Waals surface area contributed by atoms with Gasteiger partial charge in [0.25, 0.3) is 0 Å². The molecule has 0 radical (unpaired) electrons. The Labute approximate surface area is 213 Å². The Balaban J connectivity index is 1.20. The van der Waals surface area contributed by atoms with E-state index in [9.17, 15) is 9.90 Å². The van der Waals surface area contributed by atoms with Gasteiger partial charge in [-0.2, -0.15) is 0 Å². The molecule has 0 saturated carbocycles. The fourth-order valence-electron chi connectivity index (χ4n) is 4.98. The van der Waals surface area contributed by atoms with E-state index in [1.165, 1.54) is 12.0 Å². The highest BCUT2D eigenvalue weighted by molar-refractivity contribution is 6.04. The van der Waals surface area contributed by atoms with Crippen LogP contribution in [-0.4, -0.2) is 59.0 Å². The van der Waals surface area contributed by atoms with Crippen molar-refractivity contribution < 1.29 is 14.6 Å². The second-order valence-electron chi connectivity index (χ2n) is 10.2. The number of para-hydroxylation sites is 1. The minimum Gasteiger partial charge on any atom is -0.480 e. The van der Waals surface area contributed by atoms with E-state index in [1.54, 1.807) is 18.2 Å². The predicted molar refractivity (Wildman–Crippen MR) is 143 cm³/mol. The summed E-state index contributed by atoms with van der Waals surface area (Å²) in [6.07, 6.45) is 6.43. The molecule has 2 aromatic rings. The summed E-state index contributed by atoms with van der Waals surface area (Å²) >= 11 is 0. The minimum absolute atomic E-state index is 0.0129. The number of unbranched alkanes of at least 4 members (excludes halogenated alkanes) is 2. The van der Waals surface area contributed by atoms with Gasteiger partial charge in [-0.05, 0) is 49.7 Å². The van der Waals surface area contributed by atoms with Gasteiger partial charge in [0.05, 0.1) is 6.10 Å². The number of pyridine rings is 1. The highest BCUT2D eigenvalue weighted by Gasteiger charge is 2.38. The van der Waals surface area contributed by atoms with Gasteiger partial charge in [-0.25, -0.2) is 4.98 Å². The summed E-state index contributed by atoms with van der Waals surface area (Å²) in [5.74, 6) is 0.140. The van der Waals surface area contributed by atoms with Crippen LogP contribution in [0.4, 0.5) is 11.5 Å². The number of nitrogens with one attached hydrogen (secondary N) is 2. The Kier molecular flexibility index (Phi) is 8.59. The molecule has 0 spiro atoms. The standard InChI is InChI=1S/C28H39N5O3/c1-18(2)24(29)22-10-6-11-23(25(22)30)26(28(34)35)33-16-21(17-33)36-15-5-3-4-9-20-13-12-19-8-7-14-31-27(19)32-20/h6,10-13,18,21,26,29H,3-5,7-9,14-17,30H2,1-2H3,(H,31,32)(H,34,35). The van der Waals surface area contributed by atoms with Crippen molar-refractivity contribution in [3.8, 4) is 0 Å². The van der Waals surface area contributed by atoms with Gasteiger partial charge in [0, 0.05) is 54.5 Å². The lowest BCUT2D eigenvalue weighted by Gasteiger charge is -2.42. The van der Waals surface area contributed by atoms with Crippen molar-refractivity contribution in [1.82, 2.24) is 9.88 Å². The molecule has 0 bridgehead atoms. The molecule has 5 N–H and O–H groups in total. The van der Waals surface area contributed by atoms with Gasteiger partial charge >= 0.3 is 5.97 Å². The molecule has 0 aliphatic carbocycles. The Morgan fingerprint density at radius 2 is 2.06 bits per heavy atom. The Morgan fingerprint density at radius 1 is 1.25 bits per heavy atom. The molecule has 2 aliphatic rings. The average Bonchev–Trinajstić information content (AvgIpc) is 2.84. The summed E-state index contributed by atoms with van der Waals surface area (Å²) in [6.45, 7) is 6.68. The van der Waals surface area contributed by atoms with Crippen molar-refractivity contribution in [2.24, 2.45) is 5.92 Å². The second-order valence-corrected chi connectivity index (χ2v) is 10.2. The van der Waals surface area contributed by atoms with E-state index in [2.05, 4.69) is 17.4 Å². The number of aromatic nitrogens is 1. The number of hydrogen-bond donors (Lipinski definition) is 4. The van der Waals surface area contributed by atoms with Crippen molar-refractivity contribution in [3.63, 3.8) is 0 Å².